The summed E-state index contributed by atoms with van der Waals surface area (Å²) in [6, 6.07) is 4.82. The normalized spacial score (nSPS) is 18.7. The SMILES string of the molecule is COC(=O)COCC1=CC(=C2C=CC=C(C)N2[O-])[N+](=O)C(c2cccc(C)[n+]2[O-])=C1. The van der Waals surface area contributed by atoms with Gasteiger partial charge in [0.15, 0.2) is 5.69 Å². The van der Waals surface area contributed by atoms with Crippen LogP contribution in [0.2, 0.25) is 0 Å². The molecule has 1 aromatic heterocycles. The fourth-order valence-corrected chi connectivity index (χ4v) is 2.98. The molecule has 0 amide bonds. The third-order valence-electron chi connectivity index (χ3n) is 4.58. The molecule has 2 aliphatic heterocycles. The second-order valence-electron chi connectivity index (χ2n) is 6.69. The highest BCUT2D eigenvalue weighted by Gasteiger charge is 2.37. The van der Waals surface area contributed by atoms with Crippen LogP contribution in [0.4, 0.5) is 0 Å². The molecule has 0 aliphatic carbocycles. The number of carbonyl (C=O) groups excluding carboxylic acids is 1. The quantitative estimate of drug-likeness (QED) is 0.416. The average molecular weight is 411 g/mol. The molecule has 0 radical (unpaired) electrons. The van der Waals surface area contributed by atoms with Gasteiger partial charge in [-0.05, 0) is 30.7 Å². The van der Waals surface area contributed by atoms with Crippen molar-refractivity contribution in [2.75, 3.05) is 20.3 Å². The number of nitroso groups, excluding NO2 is 1. The highest BCUT2D eigenvalue weighted by atomic mass is 16.6. The molecule has 3 rings (SSSR count). The number of methoxy groups -OCH3 is 1. The standard InChI is InChI=1S/C21H21N3O6/c1-14-6-4-8-17(22(14)26)19-10-16(12-30-13-21(25)29-3)11-20(24(19)28)18-9-5-7-15(2)23(18)27/h4-11H,12-13H2,1-3H3. The summed E-state index contributed by atoms with van der Waals surface area (Å²) in [5.74, 6) is -0.544. The predicted octanol–water partition coefficient (Wildman–Crippen LogP) is 2.36. The van der Waals surface area contributed by atoms with E-state index in [1.54, 1.807) is 38.1 Å². The van der Waals surface area contributed by atoms with Crippen LogP contribution in [0.3, 0.4) is 0 Å². The van der Waals surface area contributed by atoms with Gasteiger partial charge in [0.2, 0.25) is 0 Å². The van der Waals surface area contributed by atoms with E-state index in [0.29, 0.717) is 31.5 Å². The molecule has 0 saturated heterocycles. The van der Waals surface area contributed by atoms with Crippen molar-refractivity contribution in [1.29, 1.82) is 0 Å². The average Bonchev–Trinajstić information content (AvgIpc) is 2.73. The Hall–Kier alpha value is -3.56. The fraction of sp³-hybridized carbons (Fsp3) is 0.238. The molecule has 9 heteroatoms. The number of aryl methyl sites for hydroxylation is 1. The number of esters is 1. The van der Waals surface area contributed by atoms with Crippen molar-refractivity contribution in [3.63, 3.8) is 0 Å². The van der Waals surface area contributed by atoms with Crippen LogP contribution < -0.4 is 4.73 Å². The number of hydroxylamine groups is 2. The van der Waals surface area contributed by atoms with Gasteiger partial charge in [-0.1, -0.05) is 6.08 Å². The van der Waals surface area contributed by atoms with Gasteiger partial charge in [-0.2, -0.15) is 4.73 Å². The summed E-state index contributed by atoms with van der Waals surface area (Å²) in [5.41, 5.74) is 1.72. The summed E-state index contributed by atoms with van der Waals surface area (Å²) in [6.07, 6.45) is 7.82. The van der Waals surface area contributed by atoms with Crippen molar-refractivity contribution in [1.82, 2.24) is 5.06 Å². The largest absolute Gasteiger partial charge is 0.754 e. The van der Waals surface area contributed by atoms with Gasteiger partial charge in [0.1, 0.15) is 12.3 Å². The van der Waals surface area contributed by atoms with Crippen molar-refractivity contribution < 1.29 is 23.8 Å². The highest BCUT2D eigenvalue weighted by Crippen LogP contribution is 2.30. The minimum absolute atomic E-state index is 0.0225. The molecule has 30 heavy (non-hydrogen) atoms. The van der Waals surface area contributed by atoms with Crippen molar-refractivity contribution in [3.05, 3.63) is 98.0 Å². The number of allylic oxidation sites excluding steroid dienone is 5. The van der Waals surface area contributed by atoms with Gasteiger partial charge < -0.3 is 25.0 Å². The summed E-state index contributed by atoms with van der Waals surface area (Å²) in [7, 11) is 1.25. The van der Waals surface area contributed by atoms with Crippen LogP contribution in [0.15, 0.2) is 71.2 Å². The van der Waals surface area contributed by atoms with Gasteiger partial charge in [0, 0.05) is 41.8 Å². The van der Waals surface area contributed by atoms with Gasteiger partial charge >= 0.3 is 11.7 Å². The minimum Gasteiger partial charge on any atom is -0.754 e. The van der Waals surface area contributed by atoms with Crippen LogP contribution in [0.5, 0.6) is 0 Å². The second-order valence-corrected chi connectivity index (χ2v) is 6.69. The Balaban J connectivity index is 2.06. The van der Waals surface area contributed by atoms with Crippen molar-refractivity contribution >= 4 is 11.7 Å². The Morgan fingerprint density at radius 1 is 1.23 bits per heavy atom. The number of aromatic nitrogens is 1. The molecule has 0 spiro atoms. The monoisotopic (exact) mass is 411 g/mol. The first-order valence-electron chi connectivity index (χ1n) is 9.13. The Labute approximate surface area is 173 Å². The van der Waals surface area contributed by atoms with E-state index in [1.807, 2.05) is 0 Å². The molecule has 0 saturated carbocycles. The molecular formula is C21H21N3O6. The topological polar surface area (TPSA) is 109 Å². The van der Waals surface area contributed by atoms with Gasteiger partial charge in [0.25, 0.3) is 11.4 Å². The molecule has 0 N–H and O–H groups in total. The first-order chi connectivity index (χ1) is 14.3. The third kappa shape index (κ3) is 4.22. The molecule has 0 aromatic carbocycles. The van der Waals surface area contributed by atoms with Crippen LogP contribution in [0, 0.1) is 22.2 Å². The lowest BCUT2D eigenvalue weighted by atomic mass is 10.0. The van der Waals surface area contributed by atoms with Crippen LogP contribution in [0.25, 0.3) is 5.70 Å². The molecular weight excluding hydrogens is 390 g/mol. The predicted molar refractivity (Wildman–Crippen MR) is 108 cm³/mol. The Morgan fingerprint density at radius 3 is 2.73 bits per heavy atom. The lowest BCUT2D eigenvalue weighted by Crippen LogP contribution is -2.36. The lowest BCUT2D eigenvalue weighted by molar-refractivity contribution is -0.620. The number of nitrogens with zero attached hydrogens (tertiary/aromatic N) is 3. The molecule has 3 heterocycles. The Bertz CT molecular complexity index is 1050. The fourth-order valence-electron chi connectivity index (χ4n) is 2.98. The lowest BCUT2D eigenvalue weighted by Gasteiger charge is -2.33. The Morgan fingerprint density at radius 2 is 2.00 bits per heavy atom. The van der Waals surface area contributed by atoms with E-state index in [2.05, 4.69) is 4.74 Å². The van der Waals surface area contributed by atoms with E-state index >= 15 is 0 Å². The summed E-state index contributed by atoms with van der Waals surface area (Å²) in [5, 5.41) is 25.7. The molecule has 2 aliphatic rings. The number of hydrogen-bond acceptors (Lipinski definition) is 7. The highest BCUT2D eigenvalue weighted by molar-refractivity contribution is 5.70. The first kappa shape index (κ1) is 21.2. The molecule has 156 valence electrons. The maximum Gasteiger partial charge on any atom is 0.335 e. The molecule has 0 fully saturated rings. The second kappa shape index (κ2) is 8.85. The molecule has 0 unspecified atom stereocenters. The van der Waals surface area contributed by atoms with Crippen molar-refractivity contribution in [3.8, 4) is 0 Å². The molecule has 0 atom stereocenters. The Kier molecular flexibility index (Phi) is 6.24. The number of rotatable bonds is 5. The maximum atomic E-state index is 13.2. The van der Waals surface area contributed by atoms with Gasteiger partial charge in [0.05, 0.1) is 18.5 Å². The molecule has 0 bridgehead atoms. The maximum absolute atomic E-state index is 13.2. The summed E-state index contributed by atoms with van der Waals surface area (Å²) in [4.78, 5) is 24.5. The van der Waals surface area contributed by atoms with Crippen molar-refractivity contribution in [2.45, 2.75) is 13.8 Å². The van der Waals surface area contributed by atoms with Crippen LogP contribution >= 0.6 is 0 Å². The van der Waals surface area contributed by atoms with Crippen LogP contribution in [0.1, 0.15) is 18.3 Å². The summed E-state index contributed by atoms with van der Waals surface area (Å²) < 4.78 is 11.1. The number of carbonyl (C=O) groups is 1. The number of hydrogen-bond donors (Lipinski definition) is 0. The van der Waals surface area contributed by atoms with Crippen molar-refractivity contribution in [2.24, 2.45) is 0 Å². The zero-order valence-electron chi connectivity index (χ0n) is 16.8. The van der Waals surface area contributed by atoms with E-state index in [9.17, 15) is 20.1 Å². The van der Waals surface area contributed by atoms with Gasteiger partial charge in [-0.3, -0.25) is 0 Å². The number of ether oxygens (including phenoxy) is 2. The molecule has 1 aromatic rings. The zero-order chi connectivity index (χ0) is 21.8. The third-order valence-corrected chi connectivity index (χ3v) is 4.58. The van der Waals surface area contributed by atoms with E-state index in [0.717, 1.165) is 0 Å². The summed E-state index contributed by atoms with van der Waals surface area (Å²) >= 11 is 0. The minimum atomic E-state index is -0.544. The van der Waals surface area contributed by atoms with E-state index in [-0.39, 0.29) is 36.0 Å². The zero-order valence-corrected chi connectivity index (χ0v) is 16.8. The van der Waals surface area contributed by atoms with E-state index in [1.165, 1.54) is 31.4 Å². The van der Waals surface area contributed by atoms with E-state index < -0.39 is 5.97 Å². The van der Waals surface area contributed by atoms with Crippen LogP contribution in [-0.4, -0.2) is 36.1 Å². The van der Waals surface area contributed by atoms with Gasteiger partial charge in [-0.15, -0.1) is 0 Å². The van der Waals surface area contributed by atoms with Gasteiger partial charge in [-0.25, -0.2) is 4.79 Å². The first-order valence-corrected chi connectivity index (χ1v) is 9.13. The smallest absolute Gasteiger partial charge is 0.335 e. The summed E-state index contributed by atoms with van der Waals surface area (Å²) in [6.45, 7) is 2.96. The number of pyridine rings is 1. The molecule has 9 nitrogen and oxygen atoms in total. The van der Waals surface area contributed by atoms with Crippen LogP contribution in [-0.2, 0) is 14.3 Å². The van der Waals surface area contributed by atoms with E-state index in [4.69, 9.17) is 4.74 Å².